The van der Waals surface area contributed by atoms with Crippen LogP contribution >= 0.6 is 46.4 Å². The van der Waals surface area contributed by atoms with E-state index in [1.165, 1.54) is 22.2 Å². The van der Waals surface area contributed by atoms with Crippen LogP contribution < -0.4 is 40.1 Å². The Morgan fingerprint density at radius 3 is 1.86 bits per heavy atom. The largest absolute Gasteiger partial charge is 0.455 e. The summed E-state index contributed by atoms with van der Waals surface area (Å²) in [6, 6.07) is 21.4. The van der Waals surface area contributed by atoms with Crippen LogP contribution in [0.4, 0.5) is 34.6 Å². The van der Waals surface area contributed by atoms with Gasteiger partial charge < -0.3 is 30.3 Å². The van der Waals surface area contributed by atoms with Gasteiger partial charge in [-0.15, -0.1) is 6.42 Å². The van der Waals surface area contributed by atoms with Crippen LogP contribution in [0.15, 0.2) is 85.2 Å². The first kappa shape index (κ1) is 46.8. The first-order chi connectivity index (χ1) is 34.6. The molecular weight excluding hydrogens is 986 g/mol. The molecular formula is C52H44Cl4N10O5. The lowest BCUT2D eigenvalue weighted by atomic mass is 9.85. The van der Waals surface area contributed by atoms with E-state index < -0.39 is 17.7 Å². The second-order valence-corrected chi connectivity index (χ2v) is 19.6. The van der Waals surface area contributed by atoms with Gasteiger partial charge in [0.1, 0.15) is 11.1 Å². The van der Waals surface area contributed by atoms with Gasteiger partial charge in [0.15, 0.2) is 19.2 Å². The number of Topliss-reactive ketones (excluding diaryl/α,β-unsaturated/α-hetero) is 1. The predicted octanol–water partition coefficient (Wildman–Crippen LogP) is 9.94. The van der Waals surface area contributed by atoms with E-state index in [1.54, 1.807) is 36.4 Å². The molecule has 3 fully saturated rings. The van der Waals surface area contributed by atoms with Crippen LogP contribution in [0.1, 0.15) is 91.7 Å². The van der Waals surface area contributed by atoms with Gasteiger partial charge in [0.05, 0.1) is 31.5 Å². The molecule has 19 heteroatoms. The molecule has 6 heterocycles. The molecule has 11 rings (SSSR count). The highest BCUT2D eigenvalue weighted by Gasteiger charge is 2.50. The molecule has 4 aliphatic heterocycles. The van der Waals surface area contributed by atoms with Gasteiger partial charge in [-0.2, -0.15) is 9.97 Å². The van der Waals surface area contributed by atoms with Gasteiger partial charge in [-0.3, -0.25) is 24.2 Å². The number of anilines is 6. The minimum Gasteiger partial charge on any atom is -0.455 e. The molecule has 360 valence electrons. The average molecular weight is 1030 g/mol. The molecule has 1 saturated carbocycles. The Balaban J connectivity index is 0.911. The third-order valence-electron chi connectivity index (χ3n) is 13.8. The molecule has 0 bridgehead atoms. The Hall–Kier alpha value is -6.51. The fourth-order valence-electron chi connectivity index (χ4n) is 10.1. The van der Waals surface area contributed by atoms with Gasteiger partial charge in [0.25, 0.3) is 11.8 Å². The summed E-state index contributed by atoms with van der Waals surface area (Å²) in [6.07, 6.45) is 13.2. The number of terminal acetylenes is 1. The molecule has 5 aliphatic rings. The second kappa shape index (κ2) is 19.6. The van der Waals surface area contributed by atoms with E-state index in [1.807, 2.05) is 35.2 Å². The minimum atomic E-state index is -0.474. The number of halogens is 4. The number of fused-ring (bicyclic) bond motifs is 2. The van der Waals surface area contributed by atoms with Crippen molar-refractivity contribution in [2.45, 2.75) is 50.0 Å². The van der Waals surface area contributed by atoms with E-state index >= 15 is 4.79 Å². The fourth-order valence-corrected chi connectivity index (χ4v) is 11.3. The minimum absolute atomic E-state index is 0.0454. The standard InChI is InChI=1S/C52H44Cl4N10O5/c1-2-28-21-32(10-12-33(28)29-13-17-57-18-14-29)66(52-60-25-38-48(63-52)71-27-65(50(38)69)45-41(55)7-4-8-42(45)56)43-23-36(43)46(67)35-22-31(9-11-34(35)30-15-19-58-20-16-30)61-51-59-24-37-47(62-51)70-26-64(49(37)68)44-39(53)5-3-6-40(44)54/h1,3-12,21-22,24-25,29-30,36,43,57-58H,13-20,23,26-27H2,(H,59,61,62). The number of carbonyl (C=O) groups excluding carboxylic acids is 3. The lowest BCUT2D eigenvalue weighted by Gasteiger charge is -2.30. The monoisotopic (exact) mass is 1030 g/mol. The van der Waals surface area contributed by atoms with E-state index in [0.29, 0.717) is 60.7 Å². The highest BCUT2D eigenvalue weighted by atomic mass is 35.5. The number of hydrogen-bond donors (Lipinski definition) is 3. The maximum Gasteiger partial charge on any atom is 0.268 e. The normalized spacial score (nSPS) is 19.0. The summed E-state index contributed by atoms with van der Waals surface area (Å²) < 4.78 is 12.1. The summed E-state index contributed by atoms with van der Waals surface area (Å²) in [4.78, 5) is 66.1. The van der Waals surface area contributed by atoms with Crippen molar-refractivity contribution in [3.63, 3.8) is 0 Å². The van der Waals surface area contributed by atoms with Crippen LogP contribution in [0.2, 0.25) is 20.1 Å². The molecule has 2 atom stereocenters. The zero-order chi connectivity index (χ0) is 48.9. The third kappa shape index (κ3) is 8.98. The predicted molar refractivity (Wildman–Crippen MR) is 274 cm³/mol. The Kier molecular flexibility index (Phi) is 12.9. The highest BCUT2D eigenvalue weighted by Crippen LogP contribution is 2.47. The van der Waals surface area contributed by atoms with Gasteiger partial charge in [0.2, 0.25) is 23.7 Å². The number of carbonyl (C=O) groups is 3. The van der Waals surface area contributed by atoms with Gasteiger partial charge >= 0.3 is 0 Å². The zero-order valence-electron chi connectivity index (χ0n) is 37.9. The van der Waals surface area contributed by atoms with Crippen molar-refractivity contribution in [3.05, 3.63) is 139 Å². The Morgan fingerprint density at radius 2 is 1.27 bits per heavy atom. The number of benzene rings is 4. The lowest BCUT2D eigenvalue weighted by molar-refractivity contribution is 0.0924. The molecule has 0 radical (unpaired) electrons. The molecule has 6 aromatic rings. The molecule has 2 saturated heterocycles. The molecule has 1 aliphatic carbocycles. The van der Waals surface area contributed by atoms with Crippen LogP contribution in [0.3, 0.4) is 0 Å². The number of nitrogens with zero attached hydrogens (tertiary/aromatic N) is 7. The lowest BCUT2D eigenvalue weighted by Crippen LogP contribution is -2.40. The Labute approximate surface area is 429 Å². The summed E-state index contributed by atoms with van der Waals surface area (Å²) >= 11 is 25.9. The molecule has 2 amide bonds. The van der Waals surface area contributed by atoms with Gasteiger partial charge in [-0.25, -0.2) is 9.97 Å². The van der Waals surface area contributed by atoms with E-state index in [2.05, 4.69) is 37.9 Å². The van der Waals surface area contributed by atoms with Crippen LogP contribution in [0.25, 0.3) is 0 Å². The number of rotatable bonds is 11. The number of nitrogens with one attached hydrogen (secondary N) is 3. The molecule has 15 nitrogen and oxygen atoms in total. The number of aromatic nitrogens is 4. The number of hydrogen-bond acceptors (Lipinski definition) is 13. The maximum absolute atomic E-state index is 15.2. The Bertz CT molecular complexity index is 3140. The highest BCUT2D eigenvalue weighted by molar-refractivity contribution is 6.41. The average Bonchev–Trinajstić information content (AvgIpc) is 4.18. The van der Waals surface area contributed by atoms with Crippen LogP contribution in [-0.4, -0.2) is 83.2 Å². The van der Waals surface area contributed by atoms with Crippen LogP contribution in [-0.2, 0) is 0 Å². The Morgan fingerprint density at radius 1 is 0.718 bits per heavy atom. The topological polar surface area (TPSA) is 167 Å². The van der Waals surface area contributed by atoms with Crippen molar-refractivity contribution in [2.75, 3.05) is 59.7 Å². The van der Waals surface area contributed by atoms with Gasteiger partial charge in [-0.05, 0) is 130 Å². The summed E-state index contributed by atoms with van der Waals surface area (Å²) in [7, 11) is 0. The summed E-state index contributed by atoms with van der Waals surface area (Å²) in [5.74, 6) is 2.62. The zero-order valence-corrected chi connectivity index (χ0v) is 41.0. The van der Waals surface area contributed by atoms with Gasteiger partial charge in [-0.1, -0.05) is 76.6 Å². The van der Waals surface area contributed by atoms with Crippen molar-refractivity contribution in [1.29, 1.82) is 0 Å². The second-order valence-electron chi connectivity index (χ2n) is 18.0. The van der Waals surface area contributed by atoms with Crippen LogP contribution in [0.5, 0.6) is 11.8 Å². The van der Waals surface area contributed by atoms with Crippen LogP contribution in [0, 0.1) is 18.3 Å². The molecule has 2 unspecified atom stereocenters. The van der Waals surface area contributed by atoms with Crippen molar-refractivity contribution in [2.24, 2.45) is 5.92 Å². The van der Waals surface area contributed by atoms with Crippen molar-refractivity contribution in [1.82, 2.24) is 30.6 Å². The first-order valence-electron chi connectivity index (χ1n) is 23.3. The third-order valence-corrected chi connectivity index (χ3v) is 15.0. The first-order valence-corrected chi connectivity index (χ1v) is 24.8. The summed E-state index contributed by atoms with van der Waals surface area (Å²) in [5.41, 5.74) is 5.60. The van der Waals surface area contributed by atoms with E-state index in [0.717, 1.165) is 68.6 Å². The summed E-state index contributed by atoms with van der Waals surface area (Å²) in [5, 5.41) is 11.3. The quantitative estimate of drug-likeness (QED) is 0.0830. The van der Waals surface area contributed by atoms with Crippen molar-refractivity contribution < 1.29 is 23.9 Å². The fraction of sp³-hybridized carbons (Fsp3) is 0.288. The number of piperidine rings is 2. The molecule has 71 heavy (non-hydrogen) atoms. The SMILES string of the molecule is C#Cc1cc(N(c2ncc3c(n2)OCN(c2c(Cl)cccc2Cl)C3=O)C2CC2C(=O)c2cc(Nc3ncc4c(n3)OCN(c3c(Cl)cccc3Cl)C4=O)ccc2C2CCNCC2)ccc1C1CCNCC1. The molecule has 0 spiro atoms. The van der Waals surface area contributed by atoms with Crippen molar-refractivity contribution in [3.8, 4) is 24.1 Å². The number of ether oxygens (including phenoxy) is 2. The van der Waals surface area contributed by atoms with E-state index in [9.17, 15) is 9.59 Å². The van der Waals surface area contributed by atoms with Gasteiger partial charge in [0, 0.05) is 46.9 Å². The molecule has 3 N–H and O–H groups in total. The number of ketones is 1. The summed E-state index contributed by atoms with van der Waals surface area (Å²) in [6.45, 7) is 3.11. The number of amides is 2. The maximum atomic E-state index is 15.2. The molecule has 2 aromatic heterocycles. The van der Waals surface area contributed by atoms with Crippen molar-refractivity contribution >= 4 is 98.6 Å². The number of para-hydroxylation sites is 2. The van der Waals surface area contributed by atoms with E-state index in [-0.39, 0.29) is 66.0 Å². The van der Waals surface area contributed by atoms with E-state index in [4.69, 9.17) is 72.3 Å². The molecule has 4 aromatic carbocycles. The smallest absolute Gasteiger partial charge is 0.268 e.